The maximum Gasteiger partial charge on any atom is 0.189 e. The van der Waals surface area contributed by atoms with Gasteiger partial charge in [0, 0.05) is 24.8 Å². The zero-order chi connectivity index (χ0) is 18.3. The molecule has 0 saturated heterocycles. The highest BCUT2D eigenvalue weighted by Crippen LogP contribution is 2.24. The molecule has 0 aliphatic heterocycles. The Morgan fingerprint density at radius 1 is 0.760 bits per heavy atom. The van der Waals surface area contributed by atoms with Gasteiger partial charge in [0.2, 0.25) is 0 Å². The largest absolute Gasteiger partial charge is 0.289 e. The fourth-order valence-electron chi connectivity index (χ4n) is 3.41. The van der Waals surface area contributed by atoms with E-state index in [1.807, 2.05) is 12.1 Å². The van der Waals surface area contributed by atoms with E-state index in [-0.39, 0.29) is 11.6 Å². The number of allylic oxidation sites excluding steroid dienone is 2. The summed E-state index contributed by atoms with van der Waals surface area (Å²) in [5.41, 5.74) is 1.82. The molecule has 1 aromatic rings. The third kappa shape index (κ3) is 6.39. The third-order valence-electron chi connectivity index (χ3n) is 4.91. The van der Waals surface area contributed by atoms with Gasteiger partial charge in [-0.25, -0.2) is 0 Å². The Bertz CT molecular complexity index is 638. The molecule has 0 radical (unpaired) electrons. The van der Waals surface area contributed by atoms with Crippen LogP contribution in [0.3, 0.4) is 0 Å². The van der Waals surface area contributed by atoms with Gasteiger partial charge in [-0.3, -0.25) is 9.59 Å². The SMILES string of the molecule is C[Si](C)(C)CCCCCCCCCC1=CC(=O)c2ccccc2C1=O. The lowest BCUT2D eigenvalue weighted by Crippen LogP contribution is -2.18. The molecule has 0 fully saturated rings. The van der Waals surface area contributed by atoms with Gasteiger partial charge >= 0.3 is 0 Å². The number of ketones is 2. The van der Waals surface area contributed by atoms with Crippen LogP contribution in [0.1, 0.15) is 72.1 Å². The topological polar surface area (TPSA) is 34.1 Å². The number of fused-ring (bicyclic) bond motifs is 1. The van der Waals surface area contributed by atoms with Crippen LogP contribution in [-0.2, 0) is 0 Å². The minimum atomic E-state index is -0.861. The highest BCUT2D eigenvalue weighted by Gasteiger charge is 2.24. The number of benzene rings is 1. The van der Waals surface area contributed by atoms with Crippen LogP contribution in [0.15, 0.2) is 35.9 Å². The number of carbonyl (C=O) groups is 2. The number of hydrogen-bond donors (Lipinski definition) is 0. The van der Waals surface area contributed by atoms with Crippen LogP contribution in [0.4, 0.5) is 0 Å². The Morgan fingerprint density at radius 2 is 1.32 bits per heavy atom. The lowest BCUT2D eigenvalue weighted by molar-refractivity contribution is 0.0981. The standard InChI is InChI=1S/C22H32O2Si/c1-25(2,3)16-12-8-6-4-5-7-9-13-18-17-21(23)19-14-10-11-15-20(19)22(18)24/h10-11,14-15,17H,4-9,12-13,16H2,1-3H3. The Balaban J connectivity index is 1.63. The van der Waals surface area contributed by atoms with Crippen molar-refractivity contribution in [1.82, 2.24) is 0 Å². The smallest absolute Gasteiger partial charge is 0.189 e. The van der Waals surface area contributed by atoms with Gasteiger partial charge in [-0.2, -0.15) is 0 Å². The molecule has 0 N–H and O–H groups in total. The van der Waals surface area contributed by atoms with Crippen molar-refractivity contribution in [2.75, 3.05) is 0 Å². The monoisotopic (exact) mass is 356 g/mol. The van der Waals surface area contributed by atoms with Gasteiger partial charge < -0.3 is 0 Å². The normalized spacial score (nSPS) is 14.4. The fourth-order valence-corrected chi connectivity index (χ4v) is 4.72. The zero-order valence-electron chi connectivity index (χ0n) is 16.1. The van der Waals surface area contributed by atoms with Crippen LogP contribution < -0.4 is 0 Å². The first kappa shape index (κ1) is 19.8. The highest BCUT2D eigenvalue weighted by atomic mass is 28.3. The molecule has 2 rings (SSSR count). The third-order valence-corrected chi connectivity index (χ3v) is 6.76. The number of hydrogen-bond acceptors (Lipinski definition) is 2. The van der Waals surface area contributed by atoms with Crippen molar-refractivity contribution in [2.24, 2.45) is 0 Å². The van der Waals surface area contributed by atoms with Crippen LogP contribution >= 0.6 is 0 Å². The second-order valence-corrected chi connectivity index (χ2v) is 14.1. The summed E-state index contributed by atoms with van der Waals surface area (Å²) in [6.45, 7) is 7.33. The first-order valence-corrected chi connectivity index (χ1v) is 13.5. The van der Waals surface area contributed by atoms with E-state index in [4.69, 9.17) is 0 Å². The summed E-state index contributed by atoms with van der Waals surface area (Å²) in [5.74, 6) is 0.0224. The molecule has 1 aliphatic rings. The van der Waals surface area contributed by atoms with E-state index in [9.17, 15) is 9.59 Å². The molecule has 0 atom stereocenters. The number of Topliss-reactive ketones (excluding diaryl/α,β-unsaturated/α-hetero) is 1. The van der Waals surface area contributed by atoms with Crippen molar-refractivity contribution >= 4 is 19.6 Å². The molecule has 1 aromatic carbocycles. The van der Waals surface area contributed by atoms with Crippen LogP contribution in [0.5, 0.6) is 0 Å². The van der Waals surface area contributed by atoms with E-state index < -0.39 is 8.07 Å². The number of rotatable bonds is 10. The second kappa shape index (κ2) is 9.28. The van der Waals surface area contributed by atoms with Crippen LogP contribution in [0, 0.1) is 0 Å². The van der Waals surface area contributed by atoms with E-state index in [1.165, 1.54) is 38.1 Å². The molecule has 0 bridgehead atoms. The molecule has 3 heteroatoms. The fraction of sp³-hybridized carbons (Fsp3) is 0.545. The minimum Gasteiger partial charge on any atom is -0.289 e. The summed E-state index contributed by atoms with van der Waals surface area (Å²) < 4.78 is 0. The molecule has 0 spiro atoms. The maximum absolute atomic E-state index is 12.5. The van der Waals surface area contributed by atoms with Gasteiger partial charge in [-0.1, -0.05) is 88.5 Å². The van der Waals surface area contributed by atoms with Gasteiger partial charge in [0.25, 0.3) is 0 Å². The maximum atomic E-state index is 12.5. The summed E-state index contributed by atoms with van der Waals surface area (Å²) >= 11 is 0. The lowest BCUT2D eigenvalue weighted by atomic mass is 9.87. The van der Waals surface area contributed by atoms with E-state index in [1.54, 1.807) is 18.2 Å². The molecule has 136 valence electrons. The molecular weight excluding hydrogens is 324 g/mol. The van der Waals surface area contributed by atoms with E-state index in [2.05, 4.69) is 19.6 Å². The Hall–Kier alpha value is -1.48. The van der Waals surface area contributed by atoms with Gasteiger partial charge in [-0.15, -0.1) is 0 Å². The van der Waals surface area contributed by atoms with Gasteiger partial charge in [0.1, 0.15) is 0 Å². The Morgan fingerprint density at radius 3 is 1.96 bits per heavy atom. The summed E-state index contributed by atoms with van der Waals surface area (Å²) in [5, 5.41) is 0. The van der Waals surface area contributed by atoms with E-state index >= 15 is 0 Å². The van der Waals surface area contributed by atoms with Crippen LogP contribution in [0.25, 0.3) is 0 Å². The highest BCUT2D eigenvalue weighted by molar-refractivity contribution is 6.76. The minimum absolute atomic E-state index is 0.0207. The summed E-state index contributed by atoms with van der Waals surface area (Å²) in [4.78, 5) is 24.6. The number of carbonyl (C=O) groups excluding carboxylic acids is 2. The molecule has 2 nitrogen and oxygen atoms in total. The first-order chi connectivity index (χ1) is 11.9. The van der Waals surface area contributed by atoms with Crippen LogP contribution in [0.2, 0.25) is 25.7 Å². The summed E-state index contributed by atoms with van der Waals surface area (Å²) in [7, 11) is -0.861. The molecule has 0 heterocycles. The number of unbranched alkanes of at least 4 members (excludes halogenated alkanes) is 6. The quantitative estimate of drug-likeness (QED) is 0.356. The van der Waals surface area contributed by atoms with Gasteiger partial charge in [0.05, 0.1) is 0 Å². The van der Waals surface area contributed by atoms with Crippen molar-refractivity contribution in [3.8, 4) is 0 Å². The Labute approximate surface area is 153 Å². The molecular formula is C22H32O2Si. The molecule has 0 unspecified atom stereocenters. The first-order valence-electron chi connectivity index (χ1n) is 9.77. The molecule has 0 amide bonds. The van der Waals surface area contributed by atoms with Gasteiger partial charge in [0.15, 0.2) is 11.6 Å². The van der Waals surface area contributed by atoms with E-state index in [0.717, 1.165) is 19.3 Å². The molecule has 1 aliphatic carbocycles. The molecule has 0 aromatic heterocycles. The average molecular weight is 357 g/mol. The summed E-state index contributed by atoms with van der Waals surface area (Å²) in [6, 6.07) is 8.59. The zero-order valence-corrected chi connectivity index (χ0v) is 17.1. The van der Waals surface area contributed by atoms with Crippen molar-refractivity contribution < 1.29 is 9.59 Å². The lowest BCUT2D eigenvalue weighted by Gasteiger charge is -2.15. The second-order valence-electron chi connectivity index (χ2n) is 8.44. The van der Waals surface area contributed by atoms with E-state index in [0.29, 0.717) is 16.7 Å². The van der Waals surface area contributed by atoms with Crippen molar-refractivity contribution in [3.05, 3.63) is 47.0 Å². The summed E-state index contributed by atoms with van der Waals surface area (Å²) in [6.07, 6.45) is 11.0. The van der Waals surface area contributed by atoms with Crippen molar-refractivity contribution in [2.45, 2.75) is 77.1 Å². The average Bonchev–Trinajstić information content (AvgIpc) is 2.56. The van der Waals surface area contributed by atoms with Crippen LogP contribution in [-0.4, -0.2) is 19.6 Å². The Kier molecular flexibility index (Phi) is 7.36. The van der Waals surface area contributed by atoms with Crippen molar-refractivity contribution in [1.29, 1.82) is 0 Å². The molecule has 0 saturated carbocycles. The predicted molar refractivity (Wildman–Crippen MR) is 108 cm³/mol. The van der Waals surface area contributed by atoms with Gasteiger partial charge in [-0.05, 0) is 18.9 Å². The molecule has 25 heavy (non-hydrogen) atoms. The van der Waals surface area contributed by atoms with Crippen molar-refractivity contribution in [3.63, 3.8) is 0 Å². The predicted octanol–water partition coefficient (Wildman–Crippen LogP) is 6.45.